The Bertz CT molecular complexity index is 626. The van der Waals surface area contributed by atoms with Crippen molar-refractivity contribution in [1.29, 1.82) is 0 Å². The van der Waals surface area contributed by atoms with E-state index in [-0.39, 0.29) is 11.9 Å². The SMILES string of the molecule is CC(C)N(Cc1ccc(N)cc1)C(=O)c1cncc(Br)c1. The molecule has 0 unspecified atom stereocenters. The van der Waals surface area contributed by atoms with Gasteiger partial charge >= 0.3 is 0 Å². The Morgan fingerprint density at radius 2 is 1.95 bits per heavy atom. The number of pyridine rings is 1. The van der Waals surface area contributed by atoms with Crippen LogP contribution in [0.4, 0.5) is 5.69 Å². The monoisotopic (exact) mass is 347 g/mol. The smallest absolute Gasteiger partial charge is 0.255 e. The Balaban J connectivity index is 2.22. The third-order valence-electron chi connectivity index (χ3n) is 3.17. The van der Waals surface area contributed by atoms with E-state index in [0.717, 1.165) is 15.7 Å². The Kier molecular flexibility index (Phi) is 4.96. The molecule has 0 atom stereocenters. The predicted molar refractivity (Wildman–Crippen MR) is 87.8 cm³/mol. The maximum Gasteiger partial charge on any atom is 0.255 e. The van der Waals surface area contributed by atoms with E-state index in [4.69, 9.17) is 5.73 Å². The number of aromatic nitrogens is 1. The van der Waals surface area contributed by atoms with Gasteiger partial charge in [0.25, 0.3) is 5.91 Å². The van der Waals surface area contributed by atoms with Crippen molar-refractivity contribution in [2.45, 2.75) is 26.4 Å². The van der Waals surface area contributed by atoms with Crippen LogP contribution in [-0.4, -0.2) is 21.8 Å². The number of rotatable bonds is 4. The molecule has 4 nitrogen and oxygen atoms in total. The van der Waals surface area contributed by atoms with Gasteiger partial charge < -0.3 is 10.6 Å². The van der Waals surface area contributed by atoms with Gasteiger partial charge in [-0.3, -0.25) is 9.78 Å². The molecule has 5 heteroatoms. The summed E-state index contributed by atoms with van der Waals surface area (Å²) in [7, 11) is 0. The molecular weight excluding hydrogens is 330 g/mol. The maximum atomic E-state index is 12.7. The summed E-state index contributed by atoms with van der Waals surface area (Å²) in [4.78, 5) is 18.5. The molecule has 0 aliphatic heterocycles. The first-order valence-electron chi connectivity index (χ1n) is 6.73. The maximum absolute atomic E-state index is 12.7. The van der Waals surface area contributed by atoms with E-state index in [1.54, 1.807) is 18.5 Å². The summed E-state index contributed by atoms with van der Waals surface area (Å²) in [5.74, 6) is -0.0318. The highest BCUT2D eigenvalue weighted by atomic mass is 79.9. The second-order valence-electron chi connectivity index (χ2n) is 5.16. The second-order valence-corrected chi connectivity index (χ2v) is 6.08. The molecular formula is C16H18BrN3O. The number of carbonyl (C=O) groups excluding carboxylic acids is 1. The van der Waals surface area contributed by atoms with Crippen LogP contribution >= 0.6 is 15.9 Å². The van der Waals surface area contributed by atoms with Gasteiger partial charge in [-0.1, -0.05) is 12.1 Å². The standard InChI is InChI=1S/C16H18BrN3O/c1-11(2)20(10-12-3-5-15(18)6-4-12)16(21)13-7-14(17)9-19-8-13/h3-9,11H,10,18H2,1-2H3. The number of benzene rings is 1. The van der Waals surface area contributed by atoms with Crippen molar-refractivity contribution in [3.8, 4) is 0 Å². The van der Waals surface area contributed by atoms with Crippen LogP contribution in [0.2, 0.25) is 0 Å². The molecule has 0 fully saturated rings. The Morgan fingerprint density at radius 3 is 2.52 bits per heavy atom. The van der Waals surface area contributed by atoms with E-state index in [2.05, 4.69) is 20.9 Å². The van der Waals surface area contributed by atoms with Crippen molar-refractivity contribution in [3.05, 3.63) is 58.3 Å². The minimum Gasteiger partial charge on any atom is -0.399 e. The van der Waals surface area contributed by atoms with E-state index in [0.29, 0.717) is 12.1 Å². The molecule has 21 heavy (non-hydrogen) atoms. The van der Waals surface area contributed by atoms with Gasteiger partial charge in [-0.25, -0.2) is 0 Å². The van der Waals surface area contributed by atoms with Crippen LogP contribution in [0.25, 0.3) is 0 Å². The summed E-state index contributed by atoms with van der Waals surface area (Å²) in [6, 6.07) is 9.45. The number of nitrogens with zero attached hydrogens (tertiary/aromatic N) is 2. The topological polar surface area (TPSA) is 59.2 Å². The summed E-state index contributed by atoms with van der Waals surface area (Å²) < 4.78 is 0.796. The number of nitrogen functional groups attached to an aromatic ring is 1. The average molecular weight is 348 g/mol. The third kappa shape index (κ3) is 4.04. The van der Waals surface area contributed by atoms with Crippen molar-refractivity contribution >= 4 is 27.5 Å². The summed E-state index contributed by atoms with van der Waals surface area (Å²) in [5, 5.41) is 0. The average Bonchev–Trinajstić information content (AvgIpc) is 2.45. The van der Waals surface area contributed by atoms with Crippen LogP contribution < -0.4 is 5.73 Å². The van der Waals surface area contributed by atoms with Crippen molar-refractivity contribution in [1.82, 2.24) is 9.88 Å². The van der Waals surface area contributed by atoms with Crippen LogP contribution in [0.15, 0.2) is 47.2 Å². The van der Waals surface area contributed by atoms with Gasteiger partial charge in [-0.05, 0) is 53.5 Å². The lowest BCUT2D eigenvalue weighted by molar-refractivity contribution is 0.0690. The fourth-order valence-corrected chi connectivity index (χ4v) is 2.37. The van der Waals surface area contributed by atoms with Crippen LogP contribution in [0, 0.1) is 0 Å². The van der Waals surface area contributed by atoms with Gasteiger partial charge in [-0.2, -0.15) is 0 Å². The quantitative estimate of drug-likeness (QED) is 0.861. The van der Waals surface area contributed by atoms with E-state index >= 15 is 0 Å². The van der Waals surface area contributed by atoms with Crippen molar-refractivity contribution in [3.63, 3.8) is 0 Å². The van der Waals surface area contributed by atoms with Crippen LogP contribution in [-0.2, 0) is 6.54 Å². The van der Waals surface area contributed by atoms with Gasteiger partial charge in [0.2, 0.25) is 0 Å². The number of anilines is 1. The molecule has 110 valence electrons. The molecule has 0 aliphatic rings. The highest BCUT2D eigenvalue weighted by Crippen LogP contribution is 2.16. The fraction of sp³-hybridized carbons (Fsp3) is 0.250. The van der Waals surface area contributed by atoms with Crippen LogP contribution in [0.1, 0.15) is 29.8 Å². The molecule has 0 saturated heterocycles. The normalized spacial score (nSPS) is 10.7. The molecule has 1 amide bonds. The second kappa shape index (κ2) is 6.72. The lowest BCUT2D eigenvalue weighted by Gasteiger charge is -2.27. The van der Waals surface area contributed by atoms with Gasteiger partial charge in [0.05, 0.1) is 5.56 Å². The van der Waals surface area contributed by atoms with E-state index in [9.17, 15) is 4.79 Å². The first-order valence-corrected chi connectivity index (χ1v) is 7.52. The molecule has 2 rings (SSSR count). The van der Waals surface area contributed by atoms with Crippen LogP contribution in [0.5, 0.6) is 0 Å². The van der Waals surface area contributed by atoms with E-state index < -0.39 is 0 Å². The number of nitrogens with two attached hydrogens (primary N) is 1. The molecule has 0 spiro atoms. The lowest BCUT2D eigenvalue weighted by Crippen LogP contribution is -2.36. The third-order valence-corrected chi connectivity index (χ3v) is 3.60. The minimum atomic E-state index is -0.0318. The lowest BCUT2D eigenvalue weighted by atomic mass is 10.1. The molecule has 0 radical (unpaired) electrons. The highest BCUT2D eigenvalue weighted by molar-refractivity contribution is 9.10. The van der Waals surface area contributed by atoms with Gasteiger partial charge in [0, 0.05) is 35.1 Å². The Labute approximate surface area is 133 Å². The zero-order chi connectivity index (χ0) is 15.4. The molecule has 1 aromatic heterocycles. The van der Waals surface area contributed by atoms with Crippen molar-refractivity contribution in [2.24, 2.45) is 0 Å². The molecule has 1 aromatic carbocycles. The summed E-state index contributed by atoms with van der Waals surface area (Å²) in [5.41, 5.74) is 8.04. The largest absolute Gasteiger partial charge is 0.399 e. The number of hydrogen-bond acceptors (Lipinski definition) is 3. The Morgan fingerprint density at radius 1 is 1.29 bits per heavy atom. The van der Waals surface area contributed by atoms with E-state index in [1.165, 1.54) is 0 Å². The predicted octanol–water partition coefficient (Wildman–Crippen LogP) is 3.48. The molecule has 2 aromatic rings. The minimum absolute atomic E-state index is 0.0318. The van der Waals surface area contributed by atoms with Gasteiger partial charge in [0.15, 0.2) is 0 Å². The summed E-state index contributed by atoms with van der Waals surface area (Å²) in [6.07, 6.45) is 3.25. The van der Waals surface area contributed by atoms with Crippen molar-refractivity contribution < 1.29 is 4.79 Å². The highest BCUT2D eigenvalue weighted by Gasteiger charge is 2.19. The molecule has 0 saturated carbocycles. The number of halogens is 1. The summed E-state index contributed by atoms with van der Waals surface area (Å²) in [6.45, 7) is 4.55. The van der Waals surface area contributed by atoms with E-state index in [1.807, 2.05) is 43.0 Å². The molecule has 0 aliphatic carbocycles. The van der Waals surface area contributed by atoms with Crippen LogP contribution in [0.3, 0.4) is 0 Å². The van der Waals surface area contributed by atoms with Gasteiger partial charge in [-0.15, -0.1) is 0 Å². The van der Waals surface area contributed by atoms with Crippen molar-refractivity contribution in [2.75, 3.05) is 5.73 Å². The fourth-order valence-electron chi connectivity index (χ4n) is 2.00. The molecule has 2 N–H and O–H groups in total. The zero-order valence-electron chi connectivity index (χ0n) is 12.1. The summed E-state index contributed by atoms with van der Waals surface area (Å²) >= 11 is 3.34. The first kappa shape index (κ1) is 15.5. The number of hydrogen-bond donors (Lipinski definition) is 1. The number of carbonyl (C=O) groups is 1. The zero-order valence-corrected chi connectivity index (χ0v) is 13.7. The molecule has 0 bridgehead atoms. The van der Waals surface area contributed by atoms with Gasteiger partial charge in [0.1, 0.15) is 0 Å². The molecule has 1 heterocycles. The number of amides is 1. The Hall–Kier alpha value is -1.88. The first-order chi connectivity index (χ1) is 9.97.